The van der Waals surface area contributed by atoms with Gasteiger partial charge in [-0.05, 0) is 44.5 Å². The third-order valence-corrected chi connectivity index (χ3v) is 4.28. The van der Waals surface area contributed by atoms with Crippen molar-refractivity contribution in [2.75, 3.05) is 26.4 Å². The van der Waals surface area contributed by atoms with Gasteiger partial charge in [0, 0.05) is 19.6 Å². The normalized spacial score (nSPS) is 24.3. The molecule has 3 rings (SSSR count). The maximum atomic E-state index is 12.1. The van der Waals surface area contributed by atoms with Crippen molar-refractivity contribution in [1.82, 2.24) is 10.2 Å². The van der Waals surface area contributed by atoms with Gasteiger partial charge in [0.1, 0.15) is 0 Å². The molecule has 2 aliphatic heterocycles. The topological polar surface area (TPSA) is 50.8 Å². The summed E-state index contributed by atoms with van der Waals surface area (Å²) in [4.78, 5) is 14.5. The van der Waals surface area contributed by atoms with E-state index in [2.05, 4.69) is 23.2 Å². The van der Waals surface area contributed by atoms with Gasteiger partial charge in [0.05, 0.1) is 5.41 Å². The molecule has 5 nitrogen and oxygen atoms in total. The zero-order valence-corrected chi connectivity index (χ0v) is 12.6. The Balaban J connectivity index is 1.63. The largest absolute Gasteiger partial charge is 0.454 e. The van der Waals surface area contributed by atoms with Gasteiger partial charge >= 0.3 is 0 Å². The second-order valence-corrected chi connectivity index (χ2v) is 6.07. The van der Waals surface area contributed by atoms with E-state index in [0.29, 0.717) is 13.3 Å². The quantitative estimate of drug-likeness (QED) is 0.918. The minimum absolute atomic E-state index is 0.165. The molecule has 0 saturated carbocycles. The van der Waals surface area contributed by atoms with Crippen molar-refractivity contribution < 1.29 is 14.3 Å². The number of nitrogens with one attached hydrogen (secondary N) is 1. The second-order valence-electron chi connectivity index (χ2n) is 6.07. The highest BCUT2D eigenvalue weighted by Gasteiger charge is 2.39. The first-order valence-electron chi connectivity index (χ1n) is 7.50. The molecule has 1 atom stereocenters. The summed E-state index contributed by atoms with van der Waals surface area (Å²) in [6.07, 6.45) is 0.906. The molecule has 0 aromatic heterocycles. The maximum Gasteiger partial charge on any atom is 0.231 e. The molecule has 21 heavy (non-hydrogen) atoms. The Morgan fingerprint density at radius 2 is 2.19 bits per heavy atom. The summed E-state index contributed by atoms with van der Waals surface area (Å²) in [6, 6.07) is 6.05. The van der Waals surface area contributed by atoms with Crippen LogP contribution in [0, 0.1) is 5.41 Å². The van der Waals surface area contributed by atoms with E-state index in [1.54, 1.807) is 0 Å². The minimum Gasteiger partial charge on any atom is -0.454 e. The van der Waals surface area contributed by atoms with Crippen LogP contribution in [-0.2, 0) is 11.3 Å². The lowest BCUT2D eigenvalue weighted by atomic mass is 9.89. The van der Waals surface area contributed by atoms with Crippen LogP contribution in [0.2, 0.25) is 0 Å². The molecular formula is C16H22N2O3. The van der Waals surface area contributed by atoms with Crippen LogP contribution in [0.1, 0.15) is 25.8 Å². The fourth-order valence-electron chi connectivity index (χ4n) is 3.05. The van der Waals surface area contributed by atoms with Gasteiger partial charge in [-0.3, -0.25) is 9.69 Å². The Labute approximate surface area is 125 Å². The number of hydrogen-bond donors (Lipinski definition) is 1. The van der Waals surface area contributed by atoms with Crippen LogP contribution in [0.3, 0.4) is 0 Å². The van der Waals surface area contributed by atoms with Gasteiger partial charge in [0.15, 0.2) is 11.5 Å². The predicted molar refractivity (Wildman–Crippen MR) is 79.2 cm³/mol. The Morgan fingerprint density at radius 3 is 3.00 bits per heavy atom. The lowest BCUT2D eigenvalue weighted by Crippen LogP contribution is -2.40. The summed E-state index contributed by atoms with van der Waals surface area (Å²) in [6.45, 7) is 7.59. The van der Waals surface area contributed by atoms with E-state index in [4.69, 9.17) is 9.47 Å². The van der Waals surface area contributed by atoms with E-state index in [1.165, 1.54) is 5.56 Å². The van der Waals surface area contributed by atoms with Crippen LogP contribution < -0.4 is 14.8 Å². The molecule has 1 aromatic carbocycles. The van der Waals surface area contributed by atoms with Crippen molar-refractivity contribution in [3.05, 3.63) is 23.8 Å². The van der Waals surface area contributed by atoms with Gasteiger partial charge in [-0.1, -0.05) is 6.07 Å². The highest BCUT2D eigenvalue weighted by molar-refractivity contribution is 5.82. The number of carbonyl (C=O) groups excluding carboxylic acids is 1. The highest BCUT2D eigenvalue weighted by Crippen LogP contribution is 2.35. The molecule has 0 bridgehead atoms. The SMILES string of the molecule is CCNC(=O)C1(C)CCN(Cc2ccc3c(c2)OCO3)C1. The Hall–Kier alpha value is -1.75. The molecule has 1 aromatic rings. The number of fused-ring (bicyclic) bond motifs is 1. The molecule has 1 fully saturated rings. The smallest absolute Gasteiger partial charge is 0.231 e. The molecule has 1 N–H and O–H groups in total. The Bertz CT molecular complexity index is 546. The summed E-state index contributed by atoms with van der Waals surface area (Å²) in [5.41, 5.74) is 0.922. The van der Waals surface area contributed by atoms with Crippen LogP contribution in [0.4, 0.5) is 0 Å². The van der Waals surface area contributed by atoms with Crippen molar-refractivity contribution in [2.45, 2.75) is 26.8 Å². The molecule has 1 saturated heterocycles. The highest BCUT2D eigenvalue weighted by atomic mass is 16.7. The number of rotatable bonds is 4. The minimum atomic E-state index is -0.271. The van der Waals surface area contributed by atoms with Crippen LogP contribution in [0.5, 0.6) is 11.5 Å². The molecule has 5 heteroatoms. The van der Waals surface area contributed by atoms with E-state index >= 15 is 0 Å². The van der Waals surface area contributed by atoms with Gasteiger partial charge in [0.2, 0.25) is 12.7 Å². The lowest BCUT2D eigenvalue weighted by Gasteiger charge is -2.23. The first-order valence-corrected chi connectivity index (χ1v) is 7.50. The number of carbonyl (C=O) groups is 1. The number of benzene rings is 1. The molecule has 1 amide bonds. The van der Waals surface area contributed by atoms with Gasteiger partial charge in [-0.2, -0.15) is 0 Å². The molecule has 2 heterocycles. The average Bonchev–Trinajstić information content (AvgIpc) is 3.06. The average molecular weight is 290 g/mol. The predicted octanol–water partition coefficient (Wildman–Crippen LogP) is 1.76. The van der Waals surface area contributed by atoms with E-state index in [-0.39, 0.29) is 11.3 Å². The van der Waals surface area contributed by atoms with Crippen LogP contribution in [0.15, 0.2) is 18.2 Å². The third kappa shape index (κ3) is 2.83. The molecule has 0 aliphatic carbocycles. The standard InChI is InChI=1S/C16H22N2O3/c1-3-17-15(19)16(2)6-7-18(10-16)9-12-4-5-13-14(8-12)21-11-20-13/h4-5,8H,3,6-7,9-11H2,1-2H3,(H,17,19). The molecule has 2 aliphatic rings. The number of likely N-dealkylation sites (tertiary alicyclic amines) is 1. The zero-order chi connectivity index (χ0) is 14.9. The van der Waals surface area contributed by atoms with Gasteiger partial charge in [-0.25, -0.2) is 0 Å². The molecule has 0 radical (unpaired) electrons. The molecule has 114 valence electrons. The third-order valence-electron chi connectivity index (χ3n) is 4.28. The monoisotopic (exact) mass is 290 g/mol. The summed E-state index contributed by atoms with van der Waals surface area (Å²) in [7, 11) is 0. The maximum absolute atomic E-state index is 12.1. The Kier molecular flexibility index (Phi) is 3.76. The van der Waals surface area contributed by atoms with E-state index in [1.807, 2.05) is 19.1 Å². The van der Waals surface area contributed by atoms with Crippen molar-refractivity contribution >= 4 is 5.91 Å². The van der Waals surface area contributed by atoms with Gasteiger partial charge < -0.3 is 14.8 Å². The summed E-state index contributed by atoms with van der Waals surface area (Å²) in [5.74, 6) is 1.80. The van der Waals surface area contributed by atoms with Gasteiger partial charge in [-0.15, -0.1) is 0 Å². The van der Waals surface area contributed by atoms with Crippen molar-refractivity contribution in [3.8, 4) is 11.5 Å². The second kappa shape index (κ2) is 5.56. The van der Waals surface area contributed by atoms with Crippen LogP contribution in [0.25, 0.3) is 0 Å². The van der Waals surface area contributed by atoms with E-state index < -0.39 is 0 Å². The molecular weight excluding hydrogens is 268 g/mol. The molecule has 1 unspecified atom stereocenters. The fraction of sp³-hybridized carbons (Fsp3) is 0.562. The van der Waals surface area contributed by atoms with E-state index in [0.717, 1.165) is 37.6 Å². The van der Waals surface area contributed by atoms with Crippen LogP contribution >= 0.6 is 0 Å². The van der Waals surface area contributed by atoms with Crippen molar-refractivity contribution in [2.24, 2.45) is 5.41 Å². The number of ether oxygens (including phenoxy) is 2. The lowest BCUT2D eigenvalue weighted by molar-refractivity contribution is -0.129. The van der Waals surface area contributed by atoms with Gasteiger partial charge in [0.25, 0.3) is 0 Å². The van der Waals surface area contributed by atoms with E-state index in [9.17, 15) is 4.79 Å². The van der Waals surface area contributed by atoms with Crippen LogP contribution in [-0.4, -0.2) is 37.2 Å². The number of amides is 1. The summed E-state index contributed by atoms with van der Waals surface area (Å²) >= 11 is 0. The summed E-state index contributed by atoms with van der Waals surface area (Å²) in [5, 5.41) is 2.94. The first-order chi connectivity index (χ1) is 10.1. The van der Waals surface area contributed by atoms with Crippen molar-refractivity contribution in [1.29, 1.82) is 0 Å². The van der Waals surface area contributed by atoms with Crippen molar-refractivity contribution in [3.63, 3.8) is 0 Å². The fourth-order valence-corrected chi connectivity index (χ4v) is 3.05. The Morgan fingerprint density at radius 1 is 1.38 bits per heavy atom. The molecule has 0 spiro atoms. The first kappa shape index (κ1) is 14.2. The number of nitrogens with zero attached hydrogens (tertiary/aromatic N) is 1. The zero-order valence-electron chi connectivity index (χ0n) is 12.6. The number of hydrogen-bond acceptors (Lipinski definition) is 4. The summed E-state index contributed by atoms with van der Waals surface area (Å²) < 4.78 is 10.7.